The maximum Gasteiger partial charge on any atom is 0.331 e. The Labute approximate surface area is 78.4 Å². The highest BCUT2D eigenvalue weighted by atomic mass is 16.6. The van der Waals surface area contributed by atoms with E-state index in [9.17, 15) is 4.79 Å². The van der Waals surface area contributed by atoms with E-state index in [1.807, 2.05) is 0 Å². The maximum absolute atomic E-state index is 10.7. The molecule has 0 aromatic rings. The van der Waals surface area contributed by atoms with Crippen molar-refractivity contribution in [1.82, 2.24) is 0 Å². The molecule has 0 unspecified atom stereocenters. The summed E-state index contributed by atoms with van der Waals surface area (Å²) < 4.78 is 9.62. The summed E-state index contributed by atoms with van der Waals surface area (Å²) in [6.45, 7) is 0.470. The molecule has 1 aliphatic rings. The van der Waals surface area contributed by atoms with Crippen molar-refractivity contribution in [3.05, 3.63) is 0 Å². The molecular weight excluding hydrogens is 170 g/mol. The number of esters is 1. The lowest BCUT2D eigenvalue weighted by atomic mass is 10.0. The predicted molar refractivity (Wildman–Crippen MR) is 48.2 cm³/mol. The van der Waals surface area contributed by atoms with Gasteiger partial charge in [0.25, 0.3) is 0 Å². The zero-order valence-corrected chi connectivity index (χ0v) is 8.04. The van der Waals surface area contributed by atoms with Crippen LogP contribution < -0.4 is 5.73 Å². The standard InChI is InChI=1S/C9H17NO3/c1-12-8(11)6-13-7-9(10)4-2-3-5-9/h2-7,10H2,1H3. The van der Waals surface area contributed by atoms with Crippen LogP contribution in [0.15, 0.2) is 0 Å². The van der Waals surface area contributed by atoms with E-state index in [0.717, 1.165) is 25.7 Å². The van der Waals surface area contributed by atoms with Crippen molar-refractivity contribution >= 4 is 5.97 Å². The molecule has 76 valence electrons. The summed E-state index contributed by atoms with van der Waals surface area (Å²) in [4.78, 5) is 10.7. The van der Waals surface area contributed by atoms with Crippen molar-refractivity contribution in [2.24, 2.45) is 5.73 Å². The first kappa shape index (κ1) is 10.5. The number of hydrogen-bond acceptors (Lipinski definition) is 4. The molecular formula is C9H17NO3. The largest absolute Gasteiger partial charge is 0.467 e. The lowest BCUT2D eigenvalue weighted by Crippen LogP contribution is -2.42. The van der Waals surface area contributed by atoms with Crippen LogP contribution in [-0.4, -0.2) is 31.8 Å². The van der Waals surface area contributed by atoms with Crippen molar-refractivity contribution in [3.63, 3.8) is 0 Å². The summed E-state index contributed by atoms with van der Waals surface area (Å²) in [5.74, 6) is -0.346. The van der Waals surface area contributed by atoms with Crippen LogP contribution in [0.25, 0.3) is 0 Å². The van der Waals surface area contributed by atoms with Crippen molar-refractivity contribution in [2.75, 3.05) is 20.3 Å². The van der Waals surface area contributed by atoms with Gasteiger partial charge in [0.1, 0.15) is 6.61 Å². The van der Waals surface area contributed by atoms with Crippen molar-refractivity contribution in [3.8, 4) is 0 Å². The first-order chi connectivity index (χ1) is 6.16. The zero-order valence-electron chi connectivity index (χ0n) is 8.04. The predicted octanol–water partition coefficient (Wildman–Crippen LogP) is 0.447. The SMILES string of the molecule is COC(=O)COCC1(N)CCCC1. The highest BCUT2D eigenvalue weighted by Crippen LogP contribution is 2.27. The molecule has 0 atom stereocenters. The molecule has 0 aromatic carbocycles. The number of hydrogen-bond donors (Lipinski definition) is 1. The Bertz CT molecular complexity index is 176. The van der Waals surface area contributed by atoms with Crippen LogP contribution in [0.1, 0.15) is 25.7 Å². The minimum absolute atomic E-state index is 0.00937. The first-order valence-electron chi connectivity index (χ1n) is 4.60. The number of carbonyl (C=O) groups excluding carboxylic acids is 1. The zero-order chi connectivity index (χ0) is 9.73. The fourth-order valence-corrected chi connectivity index (χ4v) is 1.62. The van der Waals surface area contributed by atoms with Gasteiger partial charge in [0.05, 0.1) is 13.7 Å². The minimum Gasteiger partial charge on any atom is -0.467 e. The van der Waals surface area contributed by atoms with Gasteiger partial charge in [0.15, 0.2) is 0 Å². The second-order valence-corrected chi connectivity index (χ2v) is 3.64. The fourth-order valence-electron chi connectivity index (χ4n) is 1.62. The van der Waals surface area contributed by atoms with Gasteiger partial charge in [-0.25, -0.2) is 4.79 Å². The van der Waals surface area contributed by atoms with Gasteiger partial charge < -0.3 is 15.2 Å². The molecule has 1 saturated carbocycles. The third-order valence-electron chi connectivity index (χ3n) is 2.44. The summed E-state index contributed by atoms with van der Waals surface area (Å²) in [6, 6.07) is 0. The van der Waals surface area contributed by atoms with E-state index in [-0.39, 0.29) is 18.1 Å². The van der Waals surface area contributed by atoms with E-state index in [0.29, 0.717) is 6.61 Å². The second kappa shape index (κ2) is 4.58. The third kappa shape index (κ3) is 3.32. The van der Waals surface area contributed by atoms with Crippen LogP contribution in [0.2, 0.25) is 0 Å². The number of methoxy groups -OCH3 is 1. The fraction of sp³-hybridized carbons (Fsp3) is 0.889. The normalized spacial score (nSPS) is 20.2. The Hall–Kier alpha value is -0.610. The highest BCUT2D eigenvalue weighted by Gasteiger charge is 2.29. The molecule has 0 heterocycles. The molecule has 0 radical (unpaired) electrons. The Morgan fingerprint density at radius 2 is 2.08 bits per heavy atom. The van der Waals surface area contributed by atoms with E-state index in [1.54, 1.807) is 0 Å². The van der Waals surface area contributed by atoms with Crippen molar-refractivity contribution in [1.29, 1.82) is 0 Å². The molecule has 4 heteroatoms. The number of nitrogens with two attached hydrogens (primary N) is 1. The average molecular weight is 187 g/mol. The molecule has 1 fully saturated rings. The lowest BCUT2D eigenvalue weighted by molar-refractivity contribution is -0.146. The number of carbonyl (C=O) groups is 1. The van der Waals surface area contributed by atoms with E-state index in [1.165, 1.54) is 7.11 Å². The minimum atomic E-state index is -0.346. The van der Waals surface area contributed by atoms with Crippen LogP contribution in [0.3, 0.4) is 0 Å². The smallest absolute Gasteiger partial charge is 0.331 e. The molecule has 0 bridgehead atoms. The van der Waals surface area contributed by atoms with Gasteiger partial charge in [-0.15, -0.1) is 0 Å². The quantitative estimate of drug-likeness (QED) is 0.649. The van der Waals surface area contributed by atoms with Gasteiger partial charge in [0, 0.05) is 5.54 Å². The van der Waals surface area contributed by atoms with Crippen LogP contribution in [0.4, 0.5) is 0 Å². The lowest BCUT2D eigenvalue weighted by Gasteiger charge is -2.22. The van der Waals surface area contributed by atoms with Gasteiger partial charge in [-0.1, -0.05) is 12.8 Å². The van der Waals surface area contributed by atoms with E-state index in [2.05, 4.69) is 4.74 Å². The number of ether oxygens (including phenoxy) is 2. The Kier molecular flexibility index (Phi) is 3.69. The van der Waals surface area contributed by atoms with E-state index < -0.39 is 0 Å². The van der Waals surface area contributed by atoms with Crippen LogP contribution >= 0.6 is 0 Å². The maximum atomic E-state index is 10.7. The summed E-state index contributed by atoms with van der Waals surface area (Å²) in [5.41, 5.74) is 5.81. The number of rotatable bonds is 4. The average Bonchev–Trinajstić information content (AvgIpc) is 2.52. The molecule has 2 N–H and O–H groups in total. The summed E-state index contributed by atoms with van der Waals surface area (Å²) in [7, 11) is 1.35. The Balaban J connectivity index is 2.14. The molecule has 4 nitrogen and oxygen atoms in total. The van der Waals surface area contributed by atoms with Crippen molar-refractivity contribution < 1.29 is 14.3 Å². The highest BCUT2D eigenvalue weighted by molar-refractivity contribution is 5.70. The molecule has 1 aliphatic carbocycles. The molecule has 0 spiro atoms. The molecule has 0 saturated heterocycles. The van der Waals surface area contributed by atoms with Crippen LogP contribution in [-0.2, 0) is 14.3 Å². The summed E-state index contributed by atoms with van der Waals surface area (Å²) in [5, 5.41) is 0. The molecule has 0 amide bonds. The van der Waals surface area contributed by atoms with Crippen LogP contribution in [0.5, 0.6) is 0 Å². The third-order valence-corrected chi connectivity index (χ3v) is 2.44. The van der Waals surface area contributed by atoms with Crippen molar-refractivity contribution in [2.45, 2.75) is 31.2 Å². The van der Waals surface area contributed by atoms with E-state index in [4.69, 9.17) is 10.5 Å². The summed E-state index contributed by atoms with van der Waals surface area (Å²) in [6.07, 6.45) is 4.32. The van der Waals surface area contributed by atoms with Crippen LogP contribution in [0, 0.1) is 0 Å². The Morgan fingerprint density at radius 1 is 1.46 bits per heavy atom. The van der Waals surface area contributed by atoms with E-state index >= 15 is 0 Å². The Morgan fingerprint density at radius 3 is 2.62 bits per heavy atom. The molecule has 0 aromatic heterocycles. The summed E-state index contributed by atoms with van der Waals surface area (Å²) >= 11 is 0. The molecule has 0 aliphatic heterocycles. The topological polar surface area (TPSA) is 61.5 Å². The monoisotopic (exact) mass is 187 g/mol. The molecule has 1 rings (SSSR count). The van der Waals surface area contributed by atoms with Gasteiger partial charge >= 0.3 is 5.97 Å². The van der Waals surface area contributed by atoms with Gasteiger partial charge in [-0.3, -0.25) is 0 Å². The molecule has 13 heavy (non-hydrogen) atoms. The van der Waals surface area contributed by atoms with Gasteiger partial charge in [-0.05, 0) is 12.8 Å². The van der Waals surface area contributed by atoms with Gasteiger partial charge in [-0.2, -0.15) is 0 Å². The second-order valence-electron chi connectivity index (χ2n) is 3.64. The van der Waals surface area contributed by atoms with Gasteiger partial charge in [0.2, 0.25) is 0 Å². The first-order valence-corrected chi connectivity index (χ1v) is 4.60.